The monoisotopic (exact) mass is 414 g/mol. The standard InChI is InChI=1S/C24H23FN6/c1-13-9-16-10-18(5-8-21(16)28-13)30-23-19(14(2)29-24(26)31-23)6-3-15-12-27-22-7-4-17(25)11-20(15)22/h4-5,7-12,27-28H,3,6H2,1-2H3,(H3,26,29,30,31). The molecule has 0 aliphatic heterocycles. The lowest BCUT2D eigenvalue weighted by atomic mass is 10.0. The molecule has 5 N–H and O–H groups in total. The molecular weight excluding hydrogens is 391 g/mol. The van der Waals surface area contributed by atoms with E-state index < -0.39 is 0 Å². The Morgan fingerprint density at radius 2 is 1.84 bits per heavy atom. The van der Waals surface area contributed by atoms with Crippen LogP contribution in [0.15, 0.2) is 48.7 Å². The summed E-state index contributed by atoms with van der Waals surface area (Å²) in [5.41, 5.74) is 12.9. The molecule has 2 aromatic carbocycles. The summed E-state index contributed by atoms with van der Waals surface area (Å²) in [5, 5.41) is 5.45. The Bertz CT molecular complexity index is 1410. The van der Waals surface area contributed by atoms with Crippen molar-refractivity contribution in [3.8, 4) is 0 Å². The topological polar surface area (TPSA) is 95.4 Å². The van der Waals surface area contributed by atoms with Crippen molar-refractivity contribution in [2.45, 2.75) is 26.7 Å². The summed E-state index contributed by atoms with van der Waals surface area (Å²) >= 11 is 0. The van der Waals surface area contributed by atoms with Crippen molar-refractivity contribution in [1.29, 1.82) is 0 Å². The third-order valence-corrected chi connectivity index (χ3v) is 5.62. The zero-order valence-electron chi connectivity index (χ0n) is 17.4. The second kappa shape index (κ2) is 7.43. The van der Waals surface area contributed by atoms with E-state index in [4.69, 9.17) is 5.73 Å². The average Bonchev–Trinajstić information content (AvgIpc) is 3.29. The molecule has 31 heavy (non-hydrogen) atoms. The van der Waals surface area contributed by atoms with Crippen LogP contribution >= 0.6 is 0 Å². The van der Waals surface area contributed by atoms with Gasteiger partial charge in [-0.3, -0.25) is 0 Å². The van der Waals surface area contributed by atoms with E-state index in [2.05, 4.69) is 37.4 Å². The highest BCUT2D eigenvalue weighted by molar-refractivity contribution is 5.85. The van der Waals surface area contributed by atoms with E-state index >= 15 is 0 Å². The number of nitrogens with zero attached hydrogens (tertiary/aromatic N) is 2. The van der Waals surface area contributed by atoms with Crippen molar-refractivity contribution in [2.75, 3.05) is 11.1 Å². The lowest BCUT2D eigenvalue weighted by Crippen LogP contribution is -2.08. The van der Waals surface area contributed by atoms with Gasteiger partial charge in [0.2, 0.25) is 5.95 Å². The fraction of sp³-hybridized carbons (Fsp3) is 0.167. The minimum Gasteiger partial charge on any atom is -0.368 e. The number of aromatic amines is 2. The van der Waals surface area contributed by atoms with Gasteiger partial charge >= 0.3 is 0 Å². The quantitative estimate of drug-likeness (QED) is 0.314. The third-order valence-electron chi connectivity index (χ3n) is 5.62. The summed E-state index contributed by atoms with van der Waals surface area (Å²) in [4.78, 5) is 15.4. The van der Waals surface area contributed by atoms with E-state index in [1.165, 1.54) is 6.07 Å². The van der Waals surface area contributed by atoms with Gasteiger partial charge in [-0.2, -0.15) is 4.98 Å². The molecule has 7 heteroatoms. The van der Waals surface area contributed by atoms with E-state index in [0.717, 1.165) is 56.4 Å². The minimum absolute atomic E-state index is 0.233. The fourth-order valence-electron chi connectivity index (χ4n) is 4.13. The molecule has 0 aliphatic carbocycles. The van der Waals surface area contributed by atoms with Crippen LogP contribution in [0, 0.1) is 19.7 Å². The normalized spacial score (nSPS) is 11.5. The van der Waals surface area contributed by atoms with Crippen molar-refractivity contribution >= 4 is 39.3 Å². The highest BCUT2D eigenvalue weighted by Crippen LogP contribution is 2.27. The Morgan fingerprint density at radius 1 is 1.00 bits per heavy atom. The van der Waals surface area contributed by atoms with Gasteiger partial charge in [0.25, 0.3) is 0 Å². The lowest BCUT2D eigenvalue weighted by molar-refractivity contribution is 0.629. The van der Waals surface area contributed by atoms with Crippen molar-refractivity contribution in [3.05, 3.63) is 77.0 Å². The predicted octanol–water partition coefficient (Wildman–Crippen LogP) is 5.31. The average molecular weight is 414 g/mol. The first kappa shape index (κ1) is 19.1. The maximum atomic E-state index is 13.7. The Labute approximate surface area is 178 Å². The number of nitrogens with two attached hydrogens (primary N) is 1. The summed E-state index contributed by atoms with van der Waals surface area (Å²) in [6.45, 7) is 3.97. The van der Waals surface area contributed by atoms with Gasteiger partial charge in [-0.15, -0.1) is 0 Å². The molecule has 5 rings (SSSR count). The second-order valence-corrected chi connectivity index (χ2v) is 7.88. The number of aromatic nitrogens is 4. The number of benzene rings is 2. The maximum Gasteiger partial charge on any atom is 0.222 e. The molecule has 0 fully saturated rings. The summed E-state index contributed by atoms with van der Waals surface area (Å²) in [7, 11) is 0. The molecule has 0 radical (unpaired) electrons. The van der Waals surface area contributed by atoms with Crippen molar-refractivity contribution in [1.82, 2.24) is 19.9 Å². The Kier molecular flexibility index (Phi) is 4.58. The zero-order chi connectivity index (χ0) is 21.5. The number of nitrogen functional groups attached to an aromatic ring is 1. The largest absolute Gasteiger partial charge is 0.368 e. The molecule has 0 spiro atoms. The Balaban J connectivity index is 1.46. The van der Waals surface area contributed by atoms with Gasteiger partial charge in [-0.25, -0.2) is 9.37 Å². The Hall–Kier alpha value is -3.87. The summed E-state index contributed by atoms with van der Waals surface area (Å²) < 4.78 is 13.7. The molecule has 0 saturated carbocycles. The van der Waals surface area contributed by atoms with Crippen LogP contribution in [0.2, 0.25) is 0 Å². The molecule has 0 unspecified atom stereocenters. The van der Waals surface area contributed by atoms with Crippen LogP contribution in [0.4, 0.5) is 21.8 Å². The fourth-order valence-corrected chi connectivity index (χ4v) is 4.13. The van der Waals surface area contributed by atoms with Gasteiger partial charge in [0, 0.05) is 50.6 Å². The number of halogens is 1. The number of fused-ring (bicyclic) bond motifs is 2. The van der Waals surface area contributed by atoms with Crippen LogP contribution in [0.25, 0.3) is 21.8 Å². The predicted molar refractivity (Wildman–Crippen MR) is 123 cm³/mol. The van der Waals surface area contributed by atoms with Gasteiger partial charge in [0.1, 0.15) is 11.6 Å². The SMILES string of the molecule is Cc1cc2cc(Nc3nc(N)nc(C)c3CCc3c[nH]c4ccc(F)cc34)ccc2[nH]1. The molecule has 0 bridgehead atoms. The summed E-state index contributed by atoms with van der Waals surface area (Å²) in [5.74, 6) is 0.692. The van der Waals surface area contributed by atoms with Crippen LogP contribution in [0.3, 0.4) is 0 Å². The Morgan fingerprint density at radius 3 is 2.71 bits per heavy atom. The van der Waals surface area contributed by atoms with Gasteiger partial charge < -0.3 is 21.0 Å². The van der Waals surface area contributed by atoms with E-state index in [0.29, 0.717) is 12.2 Å². The first-order valence-corrected chi connectivity index (χ1v) is 10.2. The number of anilines is 3. The molecule has 0 atom stereocenters. The summed E-state index contributed by atoms with van der Waals surface area (Å²) in [6.07, 6.45) is 3.36. The van der Waals surface area contributed by atoms with E-state index in [9.17, 15) is 4.39 Å². The van der Waals surface area contributed by atoms with Crippen molar-refractivity contribution < 1.29 is 4.39 Å². The van der Waals surface area contributed by atoms with E-state index in [1.54, 1.807) is 12.1 Å². The lowest BCUT2D eigenvalue weighted by Gasteiger charge is -2.14. The molecule has 0 saturated heterocycles. The number of hydrogen-bond acceptors (Lipinski definition) is 4. The number of nitrogens with one attached hydrogen (secondary N) is 3. The van der Waals surface area contributed by atoms with Crippen LogP contribution in [0.5, 0.6) is 0 Å². The molecule has 156 valence electrons. The number of rotatable bonds is 5. The number of aryl methyl sites for hydroxylation is 3. The van der Waals surface area contributed by atoms with Gasteiger partial charge in [-0.05, 0) is 74.7 Å². The van der Waals surface area contributed by atoms with Crippen LogP contribution in [-0.2, 0) is 12.8 Å². The highest BCUT2D eigenvalue weighted by atomic mass is 19.1. The summed E-state index contributed by atoms with van der Waals surface area (Å²) in [6, 6.07) is 13.0. The molecule has 0 amide bonds. The van der Waals surface area contributed by atoms with Gasteiger partial charge in [0.15, 0.2) is 0 Å². The van der Waals surface area contributed by atoms with Gasteiger partial charge in [0.05, 0.1) is 0 Å². The van der Waals surface area contributed by atoms with Crippen LogP contribution < -0.4 is 11.1 Å². The van der Waals surface area contributed by atoms with Crippen LogP contribution in [-0.4, -0.2) is 19.9 Å². The highest BCUT2D eigenvalue weighted by Gasteiger charge is 2.13. The second-order valence-electron chi connectivity index (χ2n) is 7.88. The molecule has 3 aromatic heterocycles. The van der Waals surface area contributed by atoms with Crippen molar-refractivity contribution in [3.63, 3.8) is 0 Å². The van der Waals surface area contributed by atoms with Gasteiger partial charge in [-0.1, -0.05) is 0 Å². The molecule has 6 nitrogen and oxygen atoms in total. The molecule has 3 heterocycles. The zero-order valence-corrected chi connectivity index (χ0v) is 17.4. The van der Waals surface area contributed by atoms with E-state index in [-0.39, 0.29) is 11.8 Å². The van der Waals surface area contributed by atoms with E-state index in [1.807, 2.05) is 32.2 Å². The smallest absolute Gasteiger partial charge is 0.222 e. The first-order chi connectivity index (χ1) is 15.0. The van der Waals surface area contributed by atoms with Crippen molar-refractivity contribution in [2.24, 2.45) is 0 Å². The number of H-pyrrole nitrogens is 2. The maximum absolute atomic E-state index is 13.7. The first-order valence-electron chi connectivity index (χ1n) is 10.2. The third kappa shape index (κ3) is 3.70. The molecular formula is C24H23FN6. The minimum atomic E-state index is -0.238. The number of hydrogen-bond donors (Lipinski definition) is 4. The van der Waals surface area contributed by atoms with Crippen LogP contribution in [0.1, 0.15) is 22.5 Å². The molecule has 5 aromatic rings. The molecule has 0 aliphatic rings.